The summed E-state index contributed by atoms with van der Waals surface area (Å²) in [6.45, 7) is 3.10. The van der Waals surface area contributed by atoms with Crippen molar-refractivity contribution in [2.45, 2.75) is 50.6 Å². The smallest absolute Gasteiger partial charge is 0.224 e. The molecule has 1 aromatic carbocycles. The van der Waals surface area contributed by atoms with Crippen LogP contribution in [0.5, 0.6) is 0 Å². The molecule has 1 unspecified atom stereocenters. The fraction of sp³-hybridized carbons (Fsp3) is 0.632. The number of benzene rings is 1. The third-order valence-corrected chi connectivity index (χ3v) is 4.99. The predicted octanol–water partition coefficient (Wildman–Crippen LogP) is 2.80. The van der Waals surface area contributed by atoms with Crippen LogP contribution in [-0.4, -0.2) is 49.2 Å². The summed E-state index contributed by atoms with van der Waals surface area (Å²) in [6.07, 6.45) is 6.34. The zero-order valence-electron chi connectivity index (χ0n) is 14.3. The molecule has 0 radical (unpaired) electrons. The Morgan fingerprint density at radius 2 is 1.96 bits per heavy atom. The molecule has 24 heavy (non-hydrogen) atoms. The minimum absolute atomic E-state index is 0. The van der Waals surface area contributed by atoms with Crippen molar-refractivity contribution in [1.82, 2.24) is 10.2 Å². The SMILES string of the molecule is Cl.O=C(CC1COCCN1)N(CCc1ccccc1)C1CCCC1. The standard InChI is InChI=1S/C19H28N2O2.ClH/c22-19(14-17-15-23-13-11-20-17)21(18-8-4-5-9-18)12-10-16-6-2-1-3-7-16;/h1-3,6-7,17-18,20H,4-5,8-15H2;1H. The van der Waals surface area contributed by atoms with Crippen LogP contribution >= 0.6 is 12.4 Å². The molecule has 134 valence electrons. The van der Waals surface area contributed by atoms with Crippen LogP contribution in [0.1, 0.15) is 37.7 Å². The van der Waals surface area contributed by atoms with E-state index in [4.69, 9.17) is 4.74 Å². The van der Waals surface area contributed by atoms with Crippen LogP contribution in [0.15, 0.2) is 30.3 Å². The Morgan fingerprint density at radius 1 is 1.21 bits per heavy atom. The number of carbonyl (C=O) groups excluding carboxylic acids is 1. The maximum absolute atomic E-state index is 12.9. The van der Waals surface area contributed by atoms with Gasteiger partial charge in [0, 0.05) is 31.6 Å². The van der Waals surface area contributed by atoms with E-state index in [1.54, 1.807) is 0 Å². The molecule has 0 aromatic heterocycles. The Morgan fingerprint density at radius 3 is 2.62 bits per heavy atom. The Balaban J connectivity index is 0.00000208. The number of morpholine rings is 1. The molecule has 2 aliphatic rings. The van der Waals surface area contributed by atoms with Gasteiger partial charge in [0.15, 0.2) is 0 Å². The molecule has 1 saturated heterocycles. The minimum Gasteiger partial charge on any atom is -0.378 e. The molecule has 1 aliphatic carbocycles. The zero-order chi connectivity index (χ0) is 15.9. The molecule has 5 heteroatoms. The van der Waals surface area contributed by atoms with Gasteiger partial charge in [-0.05, 0) is 24.8 Å². The highest BCUT2D eigenvalue weighted by Gasteiger charge is 2.28. The van der Waals surface area contributed by atoms with Crippen molar-refractivity contribution in [2.75, 3.05) is 26.3 Å². The number of hydrogen-bond acceptors (Lipinski definition) is 3. The van der Waals surface area contributed by atoms with Gasteiger partial charge in [0.1, 0.15) is 0 Å². The quantitative estimate of drug-likeness (QED) is 0.856. The summed E-state index contributed by atoms with van der Waals surface area (Å²) in [7, 11) is 0. The van der Waals surface area contributed by atoms with E-state index in [-0.39, 0.29) is 24.4 Å². The van der Waals surface area contributed by atoms with Gasteiger partial charge >= 0.3 is 0 Å². The lowest BCUT2D eigenvalue weighted by Gasteiger charge is -2.32. The highest BCUT2D eigenvalue weighted by molar-refractivity contribution is 5.85. The van der Waals surface area contributed by atoms with Gasteiger partial charge in [0.05, 0.1) is 13.2 Å². The van der Waals surface area contributed by atoms with E-state index in [0.29, 0.717) is 19.1 Å². The van der Waals surface area contributed by atoms with Gasteiger partial charge in [-0.15, -0.1) is 12.4 Å². The molecule has 0 spiro atoms. The molecule has 1 aliphatic heterocycles. The number of rotatable bonds is 6. The Bertz CT molecular complexity index is 485. The average Bonchev–Trinajstić information content (AvgIpc) is 3.11. The molecule has 1 atom stereocenters. The Kier molecular flexibility index (Phi) is 8.03. The van der Waals surface area contributed by atoms with Gasteiger partial charge in [-0.3, -0.25) is 4.79 Å². The third-order valence-electron chi connectivity index (χ3n) is 4.99. The van der Waals surface area contributed by atoms with E-state index in [2.05, 4.69) is 34.5 Å². The zero-order valence-corrected chi connectivity index (χ0v) is 15.1. The first-order valence-corrected chi connectivity index (χ1v) is 8.97. The van der Waals surface area contributed by atoms with Crippen LogP contribution in [-0.2, 0) is 16.0 Å². The van der Waals surface area contributed by atoms with Gasteiger partial charge in [-0.2, -0.15) is 0 Å². The molecule has 3 rings (SSSR count). The van der Waals surface area contributed by atoms with Crippen molar-refractivity contribution in [3.63, 3.8) is 0 Å². The summed E-state index contributed by atoms with van der Waals surface area (Å²) in [4.78, 5) is 15.0. The molecule has 0 bridgehead atoms. The summed E-state index contributed by atoms with van der Waals surface area (Å²) < 4.78 is 5.48. The molecule has 2 fully saturated rings. The van der Waals surface area contributed by atoms with Crippen LogP contribution in [0.4, 0.5) is 0 Å². The van der Waals surface area contributed by atoms with Crippen LogP contribution < -0.4 is 5.32 Å². The highest BCUT2D eigenvalue weighted by atomic mass is 35.5. The van der Waals surface area contributed by atoms with Crippen molar-refractivity contribution >= 4 is 18.3 Å². The lowest BCUT2D eigenvalue weighted by atomic mass is 10.1. The van der Waals surface area contributed by atoms with Gasteiger partial charge in [0.2, 0.25) is 5.91 Å². The van der Waals surface area contributed by atoms with E-state index in [9.17, 15) is 4.79 Å². The van der Waals surface area contributed by atoms with Crippen LogP contribution in [0.25, 0.3) is 0 Å². The molecule has 1 heterocycles. The van der Waals surface area contributed by atoms with Crippen LogP contribution in [0.2, 0.25) is 0 Å². The fourth-order valence-electron chi connectivity index (χ4n) is 3.70. The molecule has 1 amide bonds. The summed E-state index contributed by atoms with van der Waals surface area (Å²) >= 11 is 0. The number of ether oxygens (including phenoxy) is 1. The topological polar surface area (TPSA) is 41.6 Å². The monoisotopic (exact) mass is 352 g/mol. The van der Waals surface area contributed by atoms with Gasteiger partial charge in [0.25, 0.3) is 0 Å². The van der Waals surface area contributed by atoms with E-state index >= 15 is 0 Å². The van der Waals surface area contributed by atoms with Crippen molar-refractivity contribution in [2.24, 2.45) is 0 Å². The van der Waals surface area contributed by atoms with E-state index in [0.717, 1.165) is 39.0 Å². The number of nitrogens with one attached hydrogen (secondary N) is 1. The van der Waals surface area contributed by atoms with E-state index < -0.39 is 0 Å². The van der Waals surface area contributed by atoms with Crippen molar-refractivity contribution in [3.8, 4) is 0 Å². The largest absolute Gasteiger partial charge is 0.378 e. The molecular weight excluding hydrogens is 324 g/mol. The minimum atomic E-state index is 0. The third kappa shape index (κ3) is 5.47. The maximum atomic E-state index is 12.9. The second kappa shape index (κ2) is 10.0. The first kappa shape index (κ1) is 19.2. The molecule has 1 saturated carbocycles. The van der Waals surface area contributed by atoms with Gasteiger partial charge in [-0.1, -0.05) is 43.2 Å². The fourth-order valence-corrected chi connectivity index (χ4v) is 3.70. The van der Waals surface area contributed by atoms with Crippen molar-refractivity contribution in [3.05, 3.63) is 35.9 Å². The Labute approximate surface area is 151 Å². The van der Waals surface area contributed by atoms with E-state index in [1.807, 2.05) is 6.07 Å². The lowest BCUT2D eigenvalue weighted by molar-refractivity contribution is -0.134. The summed E-state index contributed by atoms with van der Waals surface area (Å²) in [6, 6.07) is 11.1. The first-order chi connectivity index (χ1) is 11.3. The molecule has 1 N–H and O–H groups in total. The Hall–Kier alpha value is -1.10. The van der Waals surface area contributed by atoms with Crippen LogP contribution in [0, 0.1) is 0 Å². The molecule has 1 aromatic rings. The van der Waals surface area contributed by atoms with Gasteiger partial charge < -0.3 is 15.0 Å². The number of nitrogens with zero attached hydrogens (tertiary/aromatic N) is 1. The normalized spacial score (nSPS) is 21.2. The summed E-state index contributed by atoms with van der Waals surface area (Å²) in [5.74, 6) is 0.288. The predicted molar refractivity (Wildman–Crippen MR) is 98.6 cm³/mol. The summed E-state index contributed by atoms with van der Waals surface area (Å²) in [5, 5.41) is 3.40. The number of amides is 1. The second-order valence-corrected chi connectivity index (χ2v) is 6.69. The molecule has 4 nitrogen and oxygen atoms in total. The number of carbonyl (C=O) groups is 1. The average molecular weight is 353 g/mol. The molecular formula is C19H29ClN2O2. The van der Waals surface area contributed by atoms with Gasteiger partial charge in [-0.25, -0.2) is 0 Å². The summed E-state index contributed by atoms with van der Waals surface area (Å²) in [5.41, 5.74) is 1.31. The van der Waals surface area contributed by atoms with E-state index in [1.165, 1.54) is 18.4 Å². The lowest BCUT2D eigenvalue weighted by Crippen LogP contribution is -2.47. The van der Waals surface area contributed by atoms with Crippen molar-refractivity contribution < 1.29 is 9.53 Å². The maximum Gasteiger partial charge on any atom is 0.224 e. The van der Waals surface area contributed by atoms with Crippen LogP contribution in [0.3, 0.4) is 0 Å². The highest BCUT2D eigenvalue weighted by Crippen LogP contribution is 2.24. The first-order valence-electron chi connectivity index (χ1n) is 8.97. The van der Waals surface area contributed by atoms with Crippen molar-refractivity contribution in [1.29, 1.82) is 0 Å². The number of halogens is 1. The second-order valence-electron chi connectivity index (χ2n) is 6.69. The number of hydrogen-bond donors (Lipinski definition) is 1.